The third-order valence-corrected chi connectivity index (χ3v) is 3.79. The molecule has 0 aliphatic heterocycles. The molecule has 21 heavy (non-hydrogen) atoms. The van der Waals surface area contributed by atoms with Gasteiger partial charge in [0.15, 0.2) is 0 Å². The number of hydrogen-bond donors (Lipinski definition) is 1. The lowest BCUT2D eigenvalue weighted by atomic mass is 10.1. The maximum absolute atomic E-state index is 12.1. The summed E-state index contributed by atoms with van der Waals surface area (Å²) < 4.78 is 1.05. The molecule has 104 valence electrons. The average molecular weight is 340 g/mol. The lowest BCUT2D eigenvalue weighted by molar-refractivity contribution is -0.115. The largest absolute Gasteiger partial charge is 0.326 e. The molecule has 0 spiro atoms. The van der Waals surface area contributed by atoms with Gasteiger partial charge in [0.2, 0.25) is 5.91 Å². The van der Waals surface area contributed by atoms with Crippen LogP contribution in [0.4, 0.5) is 5.69 Å². The maximum Gasteiger partial charge on any atom is 0.228 e. The molecule has 0 unspecified atom stereocenters. The number of fused-ring (bicyclic) bond motifs is 1. The third-order valence-electron chi connectivity index (χ3n) is 3.29. The van der Waals surface area contributed by atoms with Gasteiger partial charge in [-0.15, -0.1) is 0 Å². The highest BCUT2D eigenvalue weighted by Gasteiger charge is 2.04. The summed E-state index contributed by atoms with van der Waals surface area (Å²) in [4.78, 5) is 12.1. The van der Waals surface area contributed by atoms with Gasteiger partial charge >= 0.3 is 0 Å². The van der Waals surface area contributed by atoms with Crippen molar-refractivity contribution >= 4 is 38.3 Å². The standard InChI is InChI=1S/C18H14BrNO/c19-16-8-6-15-12-17(9-7-14(15)11-16)20-18(21)10-13-4-2-1-3-5-13/h1-9,11-12H,10H2,(H,20,21). The Kier molecular flexibility index (Phi) is 4.02. The summed E-state index contributed by atoms with van der Waals surface area (Å²) in [6.07, 6.45) is 0.388. The minimum atomic E-state index is -0.00217. The normalized spacial score (nSPS) is 10.5. The van der Waals surface area contributed by atoms with Crippen LogP contribution in [0.25, 0.3) is 10.8 Å². The second-order valence-electron chi connectivity index (χ2n) is 4.92. The molecule has 0 heterocycles. The second-order valence-corrected chi connectivity index (χ2v) is 5.83. The summed E-state index contributed by atoms with van der Waals surface area (Å²) >= 11 is 3.46. The van der Waals surface area contributed by atoms with Crippen molar-refractivity contribution in [1.82, 2.24) is 0 Å². The van der Waals surface area contributed by atoms with E-state index in [-0.39, 0.29) is 5.91 Å². The SMILES string of the molecule is O=C(Cc1ccccc1)Nc1ccc2cc(Br)ccc2c1. The molecule has 1 N–H and O–H groups in total. The molecule has 3 aromatic carbocycles. The Morgan fingerprint density at radius 3 is 2.43 bits per heavy atom. The van der Waals surface area contributed by atoms with Crippen LogP contribution in [0.1, 0.15) is 5.56 Å². The van der Waals surface area contributed by atoms with Gasteiger partial charge in [-0.2, -0.15) is 0 Å². The first-order chi connectivity index (χ1) is 10.2. The highest BCUT2D eigenvalue weighted by molar-refractivity contribution is 9.10. The molecule has 0 bridgehead atoms. The van der Waals surface area contributed by atoms with Gasteiger partial charge in [0.25, 0.3) is 0 Å². The molecular weight excluding hydrogens is 326 g/mol. The van der Waals surface area contributed by atoms with Crippen LogP contribution in [0.5, 0.6) is 0 Å². The highest BCUT2D eigenvalue weighted by atomic mass is 79.9. The lowest BCUT2D eigenvalue weighted by Gasteiger charge is -2.07. The number of carbonyl (C=O) groups is 1. The van der Waals surface area contributed by atoms with Crippen LogP contribution in [0.2, 0.25) is 0 Å². The average Bonchev–Trinajstić information content (AvgIpc) is 2.48. The van der Waals surface area contributed by atoms with Gasteiger partial charge in [-0.3, -0.25) is 4.79 Å². The van der Waals surface area contributed by atoms with Gasteiger partial charge in [0.05, 0.1) is 6.42 Å². The predicted molar refractivity (Wildman–Crippen MR) is 90.4 cm³/mol. The van der Waals surface area contributed by atoms with E-state index in [0.29, 0.717) is 6.42 Å². The number of rotatable bonds is 3. The summed E-state index contributed by atoms with van der Waals surface area (Å²) in [7, 11) is 0. The van der Waals surface area contributed by atoms with Crippen LogP contribution >= 0.6 is 15.9 Å². The van der Waals surface area contributed by atoms with E-state index in [4.69, 9.17) is 0 Å². The van der Waals surface area contributed by atoms with Crippen LogP contribution in [0, 0.1) is 0 Å². The Morgan fingerprint density at radius 1 is 0.905 bits per heavy atom. The highest BCUT2D eigenvalue weighted by Crippen LogP contribution is 2.23. The first-order valence-electron chi connectivity index (χ1n) is 6.74. The van der Waals surface area contributed by atoms with E-state index in [9.17, 15) is 4.79 Å². The zero-order chi connectivity index (χ0) is 14.7. The molecule has 0 aromatic heterocycles. The monoisotopic (exact) mass is 339 g/mol. The first kappa shape index (κ1) is 13.8. The molecule has 2 nitrogen and oxygen atoms in total. The third kappa shape index (κ3) is 3.50. The van der Waals surface area contributed by atoms with Crippen LogP contribution < -0.4 is 5.32 Å². The number of halogens is 1. The predicted octanol–water partition coefficient (Wildman–Crippen LogP) is 4.78. The Balaban J connectivity index is 1.75. The molecule has 0 fully saturated rings. The molecular formula is C18H14BrNO. The van der Waals surface area contributed by atoms with Crippen LogP contribution in [0.3, 0.4) is 0 Å². The smallest absolute Gasteiger partial charge is 0.228 e. The molecule has 3 aromatic rings. The Bertz CT molecular complexity index is 784. The summed E-state index contributed by atoms with van der Waals surface area (Å²) in [6.45, 7) is 0. The van der Waals surface area contributed by atoms with Crippen LogP contribution in [-0.4, -0.2) is 5.91 Å². The second kappa shape index (κ2) is 6.10. The molecule has 3 heteroatoms. The Morgan fingerprint density at radius 2 is 1.62 bits per heavy atom. The van der Waals surface area contributed by atoms with Crippen LogP contribution in [0.15, 0.2) is 71.2 Å². The summed E-state index contributed by atoms with van der Waals surface area (Å²) in [5.41, 5.74) is 1.84. The van der Waals surface area contributed by atoms with Crippen molar-refractivity contribution in [1.29, 1.82) is 0 Å². The van der Waals surface area contributed by atoms with Crippen molar-refractivity contribution in [3.05, 3.63) is 76.8 Å². The molecule has 1 amide bonds. The number of amides is 1. The summed E-state index contributed by atoms with van der Waals surface area (Å²) in [5.74, 6) is -0.00217. The van der Waals surface area contributed by atoms with Gasteiger partial charge in [-0.25, -0.2) is 0 Å². The van der Waals surface area contributed by atoms with Gasteiger partial charge in [-0.05, 0) is 40.6 Å². The first-order valence-corrected chi connectivity index (χ1v) is 7.53. The van der Waals surface area contributed by atoms with Crippen molar-refractivity contribution in [3.63, 3.8) is 0 Å². The Labute approximate surface area is 131 Å². The molecule has 0 atom stereocenters. The van der Waals surface area contributed by atoms with E-state index < -0.39 is 0 Å². The van der Waals surface area contributed by atoms with Crippen molar-refractivity contribution in [2.24, 2.45) is 0 Å². The Hall–Kier alpha value is -2.13. The van der Waals surface area contributed by atoms with Crippen molar-refractivity contribution in [2.45, 2.75) is 6.42 Å². The molecule has 0 saturated carbocycles. The lowest BCUT2D eigenvalue weighted by Crippen LogP contribution is -2.14. The maximum atomic E-state index is 12.1. The topological polar surface area (TPSA) is 29.1 Å². The van der Waals surface area contributed by atoms with Crippen molar-refractivity contribution in [3.8, 4) is 0 Å². The minimum Gasteiger partial charge on any atom is -0.326 e. The molecule has 0 saturated heterocycles. The van der Waals surface area contributed by atoms with E-state index in [0.717, 1.165) is 26.5 Å². The summed E-state index contributed by atoms with van der Waals surface area (Å²) in [5, 5.41) is 5.20. The number of carbonyl (C=O) groups excluding carboxylic acids is 1. The summed E-state index contributed by atoms with van der Waals surface area (Å²) in [6, 6.07) is 21.8. The van der Waals surface area contributed by atoms with Gasteiger partial charge < -0.3 is 5.32 Å². The van der Waals surface area contributed by atoms with Gasteiger partial charge in [0, 0.05) is 10.2 Å². The molecule has 0 aliphatic rings. The van der Waals surface area contributed by atoms with E-state index in [1.807, 2.05) is 60.7 Å². The van der Waals surface area contributed by atoms with E-state index in [2.05, 4.69) is 27.3 Å². The van der Waals surface area contributed by atoms with E-state index in [1.165, 1.54) is 0 Å². The molecule has 0 radical (unpaired) electrons. The number of anilines is 1. The fourth-order valence-electron chi connectivity index (χ4n) is 2.28. The minimum absolute atomic E-state index is 0.00217. The number of nitrogens with one attached hydrogen (secondary N) is 1. The molecule has 3 rings (SSSR count). The zero-order valence-corrected chi connectivity index (χ0v) is 12.9. The van der Waals surface area contributed by atoms with E-state index >= 15 is 0 Å². The van der Waals surface area contributed by atoms with Crippen molar-refractivity contribution < 1.29 is 4.79 Å². The number of hydrogen-bond acceptors (Lipinski definition) is 1. The van der Waals surface area contributed by atoms with E-state index in [1.54, 1.807) is 0 Å². The van der Waals surface area contributed by atoms with Crippen molar-refractivity contribution in [2.75, 3.05) is 5.32 Å². The van der Waals surface area contributed by atoms with Gasteiger partial charge in [0.1, 0.15) is 0 Å². The quantitative estimate of drug-likeness (QED) is 0.730. The van der Waals surface area contributed by atoms with Gasteiger partial charge in [-0.1, -0.05) is 58.4 Å². The van der Waals surface area contributed by atoms with Crippen LogP contribution in [-0.2, 0) is 11.2 Å². The zero-order valence-electron chi connectivity index (χ0n) is 11.3. The molecule has 0 aliphatic carbocycles. The number of benzene rings is 3. The fraction of sp³-hybridized carbons (Fsp3) is 0.0556. The fourth-order valence-corrected chi connectivity index (χ4v) is 2.66.